The Balaban J connectivity index is 0.00000480. The maximum absolute atomic E-state index is 12.2. The van der Waals surface area contributed by atoms with E-state index in [2.05, 4.69) is 20.9 Å². The van der Waals surface area contributed by atoms with Crippen LogP contribution in [0, 0.1) is 0 Å². The third-order valence-electron chi connectivity index (χ3n) is 4.71. The van der Waals surface area contributed by atoms with Crippen LogP contribution in [-0.2, 0) is 4.74 Å². The van der Waals surface area contributed by atoms with E-state index in [1.54, 1.807) is 36.3 Å². The first-order valence-electron chi connectivity index (χ1n) is 10.5. The van der Waals surface area contributed by atoms with Gasteiger partial charge in [0.15, 0.2) is 5.96 Å². The maximum atomic E-state index is 12.2. The van der Waals surface area contributed by atoms with E-state index >= 15 is 0 Å². The van der Waals surface area contributed by atoms with Gasteiger partial charge in [-0.05, 0) is 44.9 Å². The highest BCUT2D eigenvalue weighted by Gasteiger charge is 2.24. The number of hydrogen-bond acceptors (Lipinski definition) is 5. The van der Waals surface area contributed by atoms with Crippen LogP contribution in [0.25, 0.3) is 0 Å². The number of carbonyl (C=O) groups excluding carboxylic acids is 2. The largest absolute Gasteiger partial charge is 0.497 e. The average Bonchev–Trinajstić information content (AvgIpc) is 2.77. The van der Waals surface area contributed by atoms with Crippen molar-refractivity contribution in [3.63, 3.8) is 0 Å². The molecule has 0 aliphatic carbocycles. The van der Waals surface area contributed by atoms with Gasteiger partial charge in [0.2, 0.25) is 0 Å². The lowest BCUT2D eigenvalue weighted by Crippen LogP contribution is -2.50. The number of carbonyl (C=O) groups is 2. The SMILES string of the molecule is CCNC(=NCCNC(=O)c1cccc(OC)c1)NC1CCN(C(=O)OCC)CC1.I. The molecule has 31 heavy (non-hydrogen) atoms. The molecule has 1 heterocycles. The minimum absolute atomic E-state index is 0. The monoisotopic (exact) mass is 547 g/mol. The zero-order valence-electron chi connectivity index (χ0n) is 18.5. The second kappa shape index (κ2) is 14.7. The number of likely N-dealkylation sites (tertiary alicyclic amines) is 1. The molecule has 174 valence electrons. The molecule has 1 aromatic rings. The molecule has 0 atom stereocenters. The number of benzene rings is 1. The van der Waals surface area contributed by atoms with Crippen molar-refractivity contribution in [2.24, 2.45) is 4.99 Å². The van der Waals surface area contributed by atoms with E-state index in [0.717, 1.165) is 19.4 Å². The van der Waals surface area contributed by atoms with E-state index in [1.165, 1.54) is 0 Å². The fraction of sp³-hybridized carbons (Fsp3) is 0.571. The van der Waals surface area contributed by atoms with Gasteiger partial charge in [-0.2, -0.15) is 0 Å². The molecule has 1 aliphatic heterocycles. The molecule has 3 N–H and O–H groups in total. The summed E-state index contributed by atoms with van der Waals surface area (Å²) in [6, 6.07) is 7.27. The number of halogens is 1. The lowest BCUT2D eigenvalue weighted by molar-refractivity contribution is 0.0948. The number of nitrogens with one attached hydrogen (secondary N) is 3. The molecule has 0 bridgehead atoms. The van der Waals surface area contributed by atoms with Crippen LogP contribution in [0.4, 0.5) is 4.79 Å². The molecule has 1 aliphatic rings. The van der Waals surface area contributed by atoms with Crippen LogP contribution in [0.2, 0.25) is 0 Å². The Labute approximate surface area is 201 Å². The van der Waals surface area contributed by atoms with Crippen molar-refractivity contribution in [2.45, 2.75) is 32.7 Å². The lowest BCUT2D eigenvalue weighted by Gasteiger charge is -2.32. The van der Waals surface area contributed by atoms with Gasteiger partial charge in [0.25, 0.3) is 5.91 Å². The van der Waals surface area contributed by atoms with E-state index in [1.807, 2.05) is 13.8 Å². The predicted molar refractivity (Wildman–Crippen MR) is 131 cm³/mol. The second-order valence-corrected chi connectivity index (χ2v) is 6.85. The van der Waals surface area contributed by atoms with Crippen LogP contribution in [0.1, 0.15) is 37.0 Å². The molecule has 0 radical (unpaired) electrons. The van der Waals surface area contributed by atoms with Gasteiger partial charge >= 0.3 is 6.09 Å². The van der Waals surface area contributed by atoms with Gasteiger partial charge in [0, 0.05) is 37.8 Å². The quantitative estimate of drug-likeness (QED) is 0.200. The number of methoxy groups -OCH3 is 1. The first kappa shape index (κ1) is 26.8. The van der Waals surface area contributed by atoms with E-state index < -0.39 is 0 Å². The molecule has 2 rings (SSSR count). The highest BCUT2D eigenvalue weighted by atomic mass is 127. The topological polar surface area (TPSA) is 104 Å². The molecule has 1 fully saturated rings. The third kappa shape index (κ3) is 9.19. The summed E-state index contributed by atoms with van der Waals surface area (Å²) in [4.78, 5) is 30.3. The minimum atomic E-state index is -0.247. The summed E-state index contributed by atoms with van der Waals surface area (Å²) in [5.74, 6) is 1.20. The smallest absolute Gasteiger partial charge is 0.409 e. The second-order valence-electron chi connectivity index (χ2n) is 6.85. The van der Waals surface area contributed by atoms with Gasteiger partial charge in [0.1, 0.15) is 5.75 Å². The van der Waals surface area contributed by atoms with Crippen LogP contribution in [0.5, 0.6) is 5.75 Å². The molecule has 1 saturated heterocycles. The van der Waals surface area contributed by atoms with Crippen molar-refractivity contribution in [1.82, 2.24) is 20.9 Å². The first-order valence-corrected chi connectivity index (χ1v) is 10.5. The number of amides is 2. The van der Waals surface area contributed by atoms with E-state index in [9.17, 15) is 9.59 Å². The molecule has 9 nitrogen and oxygen atoms in total. The molecular weight excluding hydrogens is 513 g/mol. The molecule has 10 heteroatoms. The van der Waals surface area contributed by atoms with E-state index in [4.69, 9.17) is 9.47 Å². The third-order valence-corrected chi connectivity index (χ3v) is 4.71. The normalized spacial score (nSPS) is 14.3. The predicted octanol–water partition coefficient (Wildman–Crippen LogP) is 2.22. The van der Waals surface area contributed by atoms with Crippen LogP contribution < -0.4 is 20.7 Å². The average molecular weight is 547 g/mol. The fourth-order valence-corrected chi connectivity index (χ4v) is 3.14. The summed E-state index contributed by atoms with van der Waals surface area (Å²) >= 11 is 0. The Morgan fingerprint density at radius 2 is 1.94 bits per heavy atom. The Hall–Kier alpha value is -2.24. The maximum Gasteiger partial charge on any atom is 0.409 e. The fourth-order valence-electron chi connectivity index (χ4n) is 3.14. The number of hydrogen-bond donors (Lipinski definition) is 3. The molecule has 1 aromatic carbocycles. The molecule has 0 spiro atoms. The molecule has 0 unspecified atom stereocenters. The van der Waals surface area contributed by atoms with Crippen molar-refractivity contribution in [3.05, 3.63) is 29.8 Å². The van der Waals surface area contributed by atoms with Crippen molar-refractivity contribution < 1.29 is 19.1 Å². The zero-order valence-corrected chi connectivity index (χ0v) is 20.8. The highest BCUT2D eigenvalue weighted by Crippen LogP contribution is 2.12. The summed E-state index contributed by atoms with van der Waals surface area (Å²) in [5, 5.41) is 9.50. The summed E-state index contributed by atoms with van der Waals surface area (Å²) < 4.78 is 10.2. The van der Waals surface area contributed by atoms with Gasteiger partial charge in [-0.25, -0.2) is 4.79 Å². The van der Waals surface area contributed by atoms with Gasteiger partial charge in [0.05, 0.1) is 20.3 Å². The number of rotatable bonds is 8. The van der Waals surface area contributed by atoms with Crippen LogP contribution in [0.15, 0.2) is 29.3 Å². The molecule has 0 saturated carbocycles. The van der Waals surface area contributed by atoms with E-state index in [0.29, 0.717) is 50.1 Å². The van der Waals surface area contributed by atoms with Gasteiger partial charge < -0.3 is 30.3 Å². The number of aliphatic imine (C=N–C) groups is 1. The first-order chi connectivity index (χ1) is 14.6. The van der Waals surface area contributed by atoms with Crippen LogP contribution >= 0.6 is 24.0 Å². The Kier molecular flexibility index (Phi) is 12.7. The Morgan fingerprint density at radius 1 is 1.19 bits per heavy atom. The van der Waals surface area contributed by atoms with Gasteiger partial charge in [-0.15, -0.1) is 24.0 Å². The summed E-state index contributed by atoms with van der Waals surface area (Å²) in [7, 11) is 1.57. The number of piperidine rings is 1. The Morgan fingerprint density at radius 3 is 2.58 bits per heavy atom. The van der Waals surface area contributed by atoms with Crippen molar-refractivity contribution in [3.8, 4) is 5.75 Å². The van der Waals surface area contributed by atoms with Crippen molar-refractivity contribution in [2.75, 3.05) is 46.4 Å². The van der Waals surface area contributed by atoms with Gasteiger partial charge in [-0.1, -0.05) is 6.07 Å². The molecule has 2 amide bonds. The molecular formula is C21H34IN5O4. The number of ether oxygens (including phenoxy) is 2. The van der Waals surface area contributed by atoms with Crippen LogP contribution in [0.3, 0.4) is 0 Å². The standard InChI is InChI=1S/C21H33N5O4.HI/c1-4-22-20(25-17-9-13-26(14-10-17)21(28)30-5-2)24-12-11-23-19(27)16-7-6-8-18(15-16)29-3;/h6-8,15,17H,4-5,9-14H2,1-3H3,(H,23,27)(H2,22,24,25);1H. The lowest BCUT2D eigenvalue weighted by atomic mass is 10.1. The van der Waals surface area contributed by atoms with Gasteiger partial charge in [-0.3, -0.25) is 9.79 Å². The number of guanidine groups is 1. The Bertz CT molecular complexity index is 723. The highest BCUT2D eigenvalue weighted by molar-refractivity contribution is 14.0. The zero-order chi connectivity index (χ0) is 21.8. The van der Waals surface area contributed by atoms with E-state index in [-0.39, 0.29) is 42.0 Å². The summed E-state index contributed by atoms with van der Waals surface area (Å²) in [5.41, 5.74) is 0.553. The summed E-state index contributed by atoms with van der Waals surface area (Å²) in [6.45, 7) is 7.14. The van der Waals surface area contributed by atoms with Crippen LogP contribution in [-0.4, -0.2) is 75.3 Å². The van der Waals surface area contributed by atoms with Crippen molar-refractivity contribution in [1.29, 1.82) is 0 Å². The molecule has 0 aromatic heterocycles. The van der Waals surface area contributed by atoms with Crippen molar-refractivity contribution >= 4 is 41.9 Å². The number of nitrogens with zero attached hydrogens (tertiary/aromatic N) is 2. The minimum Gasteiger partial charge on any atom is -0.497 e. The summed E-state index contributed by atoms with van der Waals surface area (Å²) in [6.07, 6.45) is 1.41.